The van der Waals surface area contributed by atoms with E-state index in [1.807, 2.05) is 36.5 Å². The number of methoxy groups -OCH3 is 1. The SMILES string of the molecule is COc1ccc2[nH]cc(C3(C(=O)NCc4cccnc4)CC3)c2c1. The topological polar surface area (TPSA) is 67.0 Å². The lowest BCUT2D eigenvalue weighted by atomic mass is 9.94. The third-order valence-corrected chi connectivity index (χ3v) is 4.76. The molecule has 5 heteroatoms. The molecule has 2 heterocycles. The van der Waals surface area contributed by atoms with Gasteiger partial charge in [0.1, 0.15) is 5.75 Å². The maximum Gasteiger partial charge on any atom is 0.231 e. The zero-order valence-corrected chi connectivity index (χ0v) is 13.5. The van der Waals surface area contributed by atoms with Crippen LogP contribution in [0.3, 0.4) is 0 Å². The Kier molecular flexibility index (Phi) is 3.49. The van der Waals surface area contributed by atoms with Crippen molar-refractivity contribution in [1.82, 2.24) is 15.3 Å². The van der Waals surface area contributed by atoms with Crippen molar-refractivity contribution < 1.29 is 9.53 Å². The van der Waals surface area contributed by atoms with Crippen LogP contribution in [0.1, 0.15) is 24.0 Å². The Hall–Kier alpha value is -2.82. The Morgan fingerprint density at radius 3 is 2.96 bits per heavy atom. The summed E-state index contributed by atoms with van der Waals surface area (Å²) in [6, 6.07) is 9.74. The summed E-state index contributed by atoms with van der Waals surface area (Å²) < 4.78 is 5.32. The van der Waals surface area contributed by atoms with Gasteiger partial charge in [-0.05, 0) is 48.2 Å². The van der Waals surface area contributed by atoms with Crippen LogP contribution in [-0.4, -0.2) is 23.0 Å². The van der Waals surface area contributed by atoms with E-state index in [1.165, 1.54) is 0 Å². The van der Waals surface area contributed by atoms with Gasteiger partial charge in [0.15, 0.2) is 0 Å². The lowest BCUT2D eigenvalue weighted by molar-refractivity contribution is -0.123. The number of hydrogen-bond donors (Lipinski definition) is 2. The smallest absolute Gasteiger partial charge is 0.231 e. The first kappa shape index (κ1) is 14.8. The Balaban J connectivity index is 1.60. The largest absolute Gasteiger partial charge is 0.497 e. The summed E-state index contributed by atoms with van der Waals surface area (Å²) in [6.45, 7) is 0.500. The summed E-state index contributed by atoms with van der Waals surface area (Å²) in [5.74, 6) is 0.880. The van der Waals surface area contributed by atoms with E-state index in [0.717, 1.165) is 40.6 Å². The van der Waals surface area contributed by atoms with Crippen LogP contribution in [0.5, 0.6) is 5.75 Å². The Morgan fingerprint density at radius 1 is 1.38 bits per heavy atom. The van der Waals surface area contributed by atoms with Crippen molar-refractivity contribution >= 4 is 16.8 Å². The van der Waals surface area contributed by atoms with Gasteiger partial charge in [-0.25, -0.2) is 0 Å². The summed E-state index contributed by atoms with van der Waals surface area (Å²) in [5.41, 5.74) is 2.66. The number of pyridine rings is 1. The molecule has 24 heavy (non-hydrogen) atoms. The first-order chi connectivity index (χ1) is 11.7. The van der Waals surface area contributed by atoms with Gasteiger partial charge >= 0.3 is 0 Å². The number of nitrogens with one attached hydrogen (secondary N) is 2. The van der Waals surface area contributed by atoms with Crippen LogP contribution in [0.25, 0.3) is 10.9 Å². The highest BCUT2D eigenvalue weighted by Gasteiger charge is 2.52. The fourth-order valence-corrected chi connectivity index (χ4v) is 3.22. The summed E-state index contributed by atoms with van der Waals surface area (Å²) in [7, 11) is 1.65. The van der Waals surface area contributed by atoms with Crippen molar-refractivity contribution in [2.75, 3.05) is 7.11 Å². The molecule has 0 spiro atoms. The molecule has 3 aromatic rings. The van der Waals surface area contributed by atoms with Crippen molar-refractivity contribution in [2.45, 2.75) is 24.8 Å². The second kappa shape index (κ2) is 5.67. The van der Waals surface area contributed by atoms with Crippen molar-refractivity contribution in [3.05, 3.63) is 60.0 Å². The minimum Gasteiger partial charge on any atom is -0.497 e. The summed E-state index contributed by atoms with van der Waals surface area (Å²) in [4.78, 5) is 20.2. The second-order valence-corrected chi connectivity index (χ2v) is 6.24. The van der Waals surface area contributed by atoms with E-state index < -0.39 is 5.41 Å². The standard InChI is InChI=1S/C19H19N3O2/c1-24-14-4-5-17-15(9-14)16(12-21-17)19(6-7-19)18(23)22-11-13-3-2-8-20-10-13/h2-5,8-10,12,21H,6-7,11H2,1H3,(H,22,23). The zero-order chi connectivity index (χ0) is 16.6. The Labute approximate surface area is 140 Å². The molecular weight excluding hydrogens is 302 g/mol. The monoisotopic (exact) mass is 321 g/mol. The van der Waals surface area contributed by atoms with Gasteiger partial charge in [-0.1, -0.05) is 6.07 Å². The predicted molar refractivity (Wildman–Crippen MR) is 91.8 cm³/mol. The number of benzene rings is 1. The molecule has 1 aromatic carbocycles. The first-order valence-corrected chi connectivity index (χ1v) is 8.06. The van der Waals surface area contributed by atoms with Crippen molar-refractivity contribution in [2.24, 2.45) is 0 Å². The highest BCUT2D eigenvalue weighted by atomic mass is 16.5. The van der Waals surface area contributed by atoms with E-state index in [0.29, 0.717) is 6.54 Å². The fraction of sp³-hybridized carbons (Fsp3) is 0.263. The van der Waals surface area contributed by atoms with Gasteiger partial charge in [0, 0.05) is 36.0 Å². The number of carbonyl (C=O) groups is 1. The molecule has 2 aromatic heterocycles. The zero-order valence-electron chi connectivity index (χ0n) is 13.5. The van der Waals surface area contributed by atoms with Crippen LogP contribution >= 0.6 is 0 Å². The van der Waals surface area contributed by atoms with E-state index in [2.05, 4.69) is 15.3 Å². The van der Waals surface area contributed by atoms with Gasteiger partial charge in [0.2, 0.25) is 5.91 Å². The number of carbonyl (C=O) groups excluding carboxylic acids is 1. The van der Waals surface area contributed by atoms with Crippen molar-refractivity contribution in [3.63, 3.8) is 0 Å². The molecule has 0 saturated heterocycles. The van der Waals surface area contributed by atoms with Crippen LogP contribution in [-0.2, 0) is 16.8 Å². The summed E-state index contributed by atoms with van der Waals surface area (Å²) in [6.07, 6.45) is 7.20. The van der Waals surface area contributed by atoms with E-state index in [1.54, 1.807) is 19.5 Å². The van der Waals surface area contributed by atoms with Crippen molar-refractivity contribution in [3.8, 4) is 5.75 Å². The van der Waals surface area contributed by atoms with E-state index in [-0.39, 0.29) is 5.91 Å². The molecule has 1 amide bonds. The number of amides is 1. The molecule has 0 unspecified atom stereocenters. The van der Waals surface area contributed by atoms with Crippen LogP contribution in [0.4, 0.5) is 0 Å². The number of hydrogen-bond acceptors (Lipinski definition) is 3. The molecule has 1 aliphatic carbocycles. The number of H-pyrrole nitrogens is 1. The van der Waals surface area contributed by atoms with Gasteiger partial charge < -0.3 is 15.0 Å². The molecule has 1 fully saturated rings. The van der Waals surface area contributed by atoms with E-state index in [4.69, 9.17) is 4.74 Å². The maximum atomic E-state index is 12.8. The van der Waals surface area contributed by atoms with Crippen molar-refractivity contribution in [1.29, 1.82) is 0 Å². The van der Waals surface area contributed by atoms with Crippen LogP contribution in [0.15, 0.2) is 48.9 Å². The van der Waals surface area contributed by atoms with Gasteiger partial charge in [0.25, 0.3) is 0 Å². The third-order valence-electron chi connectivity index (χ3n) is 4.76. The molecule has 0 radical (unpaired) electrons. The van der Waals surface area contributed by atoms with Crippen LogP contribution in [0.2, 0.25) is 0 Å². The number of aromatic amines is 1. The first-order valence-electron chi connectivity index (χ1n) is 8.06. The summed E-state index contributed by atoms with van der Waals surface area (Å²) >= 11 is 0. The minimum atomic E-state index is -0.424. The minimum absolute atomic E-state index is 0.0788. The molecule has 1 aliphatic rings. The van der Waals surface area contributed by atoms with E-state index in [9.17, 15) is 4.79 Å². The second-order valence-electron chi connectivity index (χ2n) is 6.24. The number of aromatic nitrogens is 2. The average molecular weight is 321 g/mol. The quantitative estimate of drug-likeness (QED) is 0.759. The van der Waals surface area contributed by atoms with Gasteiger partial charge in [-0.3, -0.25) is 9.78 Å². The van der Waals surface area contributed by atoms with Gasteiger partial charge in [-0.15, -0.1) is 0 Å². The molecule has 4 rings (SSSR count). The van der Waals surface area contributed by atoms with Gasteiger partial charge in [0.05, 0.1) is 12.5 Å². The Morgan fingerprint density at radius 2 is 2.25 bits per heavy atom. The number of rotatable bonds is 5. The summed E-state index contributed by atoms with van der Waals surface area (Å²) in [5, 5.41) is 4.12. The van der Waals surface area contributed by atoms with E-state index >= 15 is 0 Å². The fourth-order valence-electron chi connectivity index (χ4n) is 3.22. The highest BCUT2D eigenvalue weighted by molar-refractivity contribution is 5.97. The normalized spacial score (nSPS) is 15.2. The highest BCUT2D eigenvalue weighted by Crippen LogP contribution is 2.51. The average Bonchev–Trinajstić information content (AvgIpc) is 3.33. The molecule has 0 atom stereocenters. The number of ether oxygens (including phenoxy) is 1. The molecule has 5 nitrogen and oxygen atoms in total. The number of fused-ring (bicyclic) bond motifs is 1. The molecule has 0 aliphatic heterocycles. The molecule has 122 valence electrons. The van der Waals surface area contributed by atoms with Crippen LogP contribution in [0, 0.1) is 0 Å². The Bertz CT molecular complexity index is 882. The van der Waals surface area contributed by atoms with Gasteiger partial charge in [-0.2, -0.15) is 0 Å². The molecule has 2 N–H and O–H groups in total. The molecule has 0 bridgehead atoms. The molecule has 1 saturated carbocycles. The predicted octanol–water partition coefficient (Wildman–Crippen LogP) is 2.92. The number of nitrogens with zero attached hydrogens (tertiary/aromatic N) is 1. The molecular formula is C19H19N3O2. The maximum absolute atomic E-state index is 12.8. The third kappa shape index (κ3) is 2.42. The lowest BCUT2D eigenvalue weighted by Crippen LogP contribution is -2.34. The van der Waals surface area contributed by atoms with Crippen LogP contribution < -0.4 is 10.1 Å². The lowest BCUT2D eigenvalue weighted by Gasteiger charge is -2.15.